The van der Waals surface area contributed by atoms with Gasteiger partial charge in [0.25, 0.3) is 0 Å². The van der Waals surface area contributed by atoms with E-state index in [4.69, 9.17) is 9.47 Å². The van der Waals surface area contributed by atoms with E-state index in [1.807, 2.05) is 12.2 Å². The third kappa shape index (κ3) is 2.16. The van der Waals surface area contributed by atoms with Crippen LogP contribution in [0, 0.1) is 0 Å². The molecule has 1 saturated heterocycles. The molecule has 0 radical (unpaired) electrons. The van der Waals surface area contributed by atoms with Crippen molar-refractivity contribution in [1.82, 2.24) is 0 Å². The summed E-state index contributed by atoms with van der Waals surface area (Å²) >= 11 is 0. The summed E-state index contributed by atoms with van der Waals surface area (Å²) in [6.07, 6.45) is 6.48. The van der Waals surface area contributed by atoms with Crippen LogP contribution in [-0.4, -0.2) is 13.2 Å². The first kappa shape index (κ1) is 8.91. The van der Waals surface area contributed by atoms with E-state index in [1.54, 1.807) is 6.08 Å². The van der Waals surface area contributed by atoms with Crippen molar-refractivity contribution in [2.45, 2.75) is 13.3 Å². The Hall–Kier alpha value is -1.18. The molecule has 1 fully saturated rings. The monoisotopic (exact) mass is 166 g/mol. The smallest absolute Gasteiger partial charge is 0.160 e. The van der Waals surface area contributed by atoms with E-state index in [2.05, 4.69) is 13.5 Å². The molecule has 0 aromatic heterocycles. The molecule has 0 bridgehead atoms. The lowest BCUT2D eigenvalue weighted by molar-refractivity contribution is 0.0591. The Kier molecular flexibility index (Phi) is 3.45. The highest BCUT2D eigenvalue weighted by Crippen LogP contribution is 2.18. The minimum absolute atomic E-state index is 0.626. The van der Waals surface area contributed by atoms with Crippen LogP contribution in [0.1, 0.15) is 13.3 Å². The maximum absolute atomic E-state index is 5.40. The van der Waals surface area contributed by atoms with Crippen molar-refractivity contribution in [3.05, 3.63) is 36.3 Å². The van der Waals surface area contributed by atoms with Crippen molar-refractivity contribution in [1.29, 1.82) is 0 Å². The van der Waals surface area contributed by atoms with E-state index in [1.165, 1.54) is 0 Å². The first-order chi connectivity index (χ1) is 5.88. The standard InChI is InChI=1S/C10H14O2/c1-3-5-9-10(6-4-2)12-8-7-11-9/h3,5-6H,1,4,7-8H2,2H3/b9-5+,10-6+. The fraction of sp³-hybridized carbons (Fsp3) is 0.400. The van der Waals surface area contributed by atoms with Crippen LogP contribution < -0.4 is 0 Å². The Bertz CT molecular complexity index is 214. The Labute approximate surface area is 73.2 Å². The maximum Gasteiger partial charge on any atom is 0.160 e. The second-order valence-corrected chi connectivity index (χ2v) is 2.44. The van der Waals surface area contributed by atoms with Crippen molar-refractivity contribution in [2.75, 3.05) is 13.2 Å². The summed E-state index contributed by atoms with van der Waals surface area (Å²) in [5.41, 5.74) is 0. The number of hydrogen-bond acceptors (Lipinski definition) is 2. The second-order valence-electron chi connectivity index (χ2n) is 2.44. The van der Waals surface area contributed by atoms with Gasteiger partial charge in [0, 0.05) is 0 Å². The molecule has 0 atom stereocenters. The summed E-state index contributed by atoms with van der Waals surface area (Å²) in [6, 6.07) is 0. The van der Waals surface area contributed by atoms with Crippen molar-refractivity contribution in [2.24, 2.45) is 0 Å². The first-order valence-electron chi connectivity index (χ1n) is 4.17. The minimum Gasteiger partial charge on any atom is -0.486 e. The quantitative estimate of drug-likeness (QED) is 0.627. The van der Waals surface area contributed by atoms with Gasteiger partial charge in [-0.25, -0.2) is 0 Å². The second kappa shape index (κ2) is 4.65. The zero-order valence-corrected chi connectivity index (χ0v) is 7.38. The van der Waals surface area contributed by atoms with Gasteiger partial charge in [-0.2, -0.15) is 0 Å². The average molecular weight is 166 g/mol. The van der Waals surface area contributed by atoms with Crippen LogP contribution in [0.3, 0.4) is 0 Å². The summed E-state index contributed by atoms with van der Waals surface area (Å²) in [5.74, 6) is 1.63. The first-order valence-corrected chi connectivity index (χ1v) is 4.17. The molecule has 0 aromatic rings. The molecule has 0 spiro atoms. The molecular weight excluding hydrogens is 152 g/mol. The van der Waals surface area contributed by atoms with E-state index in [0.717, 1.165) is 17.9 Å². The van der Waals surface area contributed by atoms with E-state index >= 15 is 0 Å². The van der Waals surface area contributed by atoms with Crippen LogP contribution in [0.15, 0.2) is 36.3 Å². The van der Waals surface area contributed by atoms with Crippen molar-refractivity contribution in [3.63, 3.8) is 0 Å². The van der Waals surface area contributed by atoms with Gasteiger partial charge in [-0.1, -0.05) is 19.6 Å². The molecule has 2 heteroatoms. The molecule has 0 aromatic carbocycles. The van der Waals surface area contributed by atoms with Gasteiger partial charge in [-0.3, -0.25) is 0 Å². The van der Waals surface area contributed by atoms with Gasteiger partial charge in [0.1, 0.15) is 13.2 Å². The molecule has 0 aliphatic carbocycles. The van der Waals surface area contributed by atoms with Gasteiger partial charge in [0.2, 0.25) is 0 Å². The van der Waals surface area contributed by atoms with Gasteiger partial charge in [0.15, 0.2) is 11.5 Å². The topological polar surface area (TPSA) is 18.5 Å². The van der Waals surface area contributed by atoms with E-state index in [9.17, 15) is 0 Å². The van der Waals surface area contributed by atoms with Crippen molar-refractivity contribution >= 4 is 0 Å². The maximum atomic E-state index is 5.40. The minimum atomic E-state index is 0.626. The summed E-state index contributed by atoms with van der Waals surface area (Å²) < 4.78 is 10.8. The molecule has 0 N–H and O–H groups in total. The van der Waals surface area contributed by atoms with Crippen LogP contribution in [-0.2, 0) is 9.47 Å². The van der Waals surface area contributed by atoms with Gasteiger partial charge in [-0.05, 0) is 18.6 Å². The highest BCUT2D eigenvalue weighted by Gasteiger charge is 2.11. The molecule has 66 valence electrons. The normalized spacial score (nSPS) is 23.4. The fourth-order valence-corrected chi connectivity index (χ4v) is 1.03. The number of hydrogen-bond donors (Lipinski definition) is 0. The van der Waals surface area contributed by atoms with Crippen molar-refractivity contribution in [3.8, 4) is 0 Å². The molecule has 0 unspecified atom stereocenters. The summed E-state index contributed by atoms with van der Waals surface area (Å²) in [6.45, 7) is 6.94. The third-order valence-electron chi connectivity index (χ3n) is 1.50. The van der Waals surface area contributed by atoms with E-state index in [-0.39, 0.29) is 0 Å². The lowest BCUT2D eigenvalue weighted by atomic mass is 10.3. The molecule has 0 saturated carbocycles. The lowest BCUT2D eigenvalue weighted by Crippen LogP contribution is -2.13. The van der Waals surface area contributed by atoms with E-state index < -0.39 is 0 Å². The highest BCUT2D eigenvalue weighted by atomic mass is 16.6. The predicted molar refractivity (Wildman–Crippen MR) is 48.6 cm³/mol. The predicted octanol–water partition coefficient (Wildman–Crippen LogP) is 2.40. The summed E-state index contributed by atoms with van der Waals surface area (Å²) in [4.78, 5) is 0. The number of rotatable bonds is 2. The summed E-state index contributed by atoms with van der Waals surface area (Å²) in [5, 5.41) is 0. The third-order valence-corrected chi connectivity index (χ3v) is 1.50. The van der Waals surface area contributed by atoms with Crippen molar-refractivity contribution < 1.29 is 9.47 Å². The Balaban J connectivity index is 2.73. The van der Waals surface area contributed by atoms with Crippen LogP contribution in [0.2, 0.25) is 0 Å². The molecule has 12 heavy (non-hydrogen) atoms. The number of allylic oxidation sites excluding steroid dienone is 3. The van der Waals surface area contributed by atoms with Gasteiger partial charge in [-0.15, -0.1) is 0 Å². The zero-order valence-electron chi connectivity index (χ0n) is 7.38. The fourth-order valence-electron chi connectivity index (χ4n) is 1.03. The molecule has 2 nitrogen and oxygen atoms in total. The van der Waals surface area contributed by atoms with E-state index in [0.29, 0.717) is 13.2 Å². The average Bonchev–Trinajstić information content (AvgIpc) is 2.09. The summed E-state index contributed by atoms with van der Waals surface area (Å²) in [7, 11) is 0. The SMILES string of the molecule is C=C/C=C1/OCCO/C1=C/CC. The van der Waals surface area contributed by atoms with Gasteiger partial charge >= 0.3 is 0 Å². The molecule has 1 rings (SSSR count). The highest BCUT2D eigenvalue weighted by molar-refractivity contribution is 5.24. The molecule has 1 aliphatic rings. The van der Waals surface area contributed by atoms with Crippen LogP contribution in [0.4, 0.5) is 0 Å². The molecule has 1 heterocycles. The van der Waals surface area contributed by atoms with Crippen LogP contribution >= 0.6 is 0 Å². The van der Waals surface area contributed by atoms with Gasteiger partial charge in [0.05, 0.1) is 0 Å². The Morgan fingerprint density at radius 3 is 2.58 bits per heavy atom. The molecule has 1 aliphatic heterocycles. The van der Waals surface area contributed by atoms with Gasteiger partial charge < -0.3 is 9.47 Å². The van der Waals surface area contributed by atoms with Crippen LogP contribution in [0.5, 0.6) is 0 Å². The Morgan fingerprint density at radius 1 is 1.33 bits per heavy atom. The molecule has 0 amide bonds. The lowest BCUT2D eigenvalue weighted by Gasteiger charge is -2.20. The van der Waals surface area contributed by atoms with Crippen LogP contribution in [0.25, 0.3) is 0 Å². The molecular formula is C10H14O2. The number of ether oxygens (including phenoxy) is 2. The zero-order chi connectivity index (χ0) is 8.81. The largest absolute Gasteiger partial charge is 0.486 e. The Morgan fingerprint density at radius 2 is 2.00 bits per heavy atom.